The van der Waals surface area contributed by atoms with Crippen LogP contribution in [0.1, 0.15) is 34.6 Å². The number of methoxy groups -OCH3 is 1. The van der Waals surface area contributed by atoms with Crippen LogP contribution in [0.4, 0.5) is 8.78 Å². The van der Waals surface area contributed by atoms with Gasteiger partial charge in [-0.25, -0.2) is 13.6 Å². The first-order chi connectivity index (χ1) is 10.0. The summed E-state index contributed by atoms with van der Waals surface area (Å²) in [6, 6.07) is 4.70. The van der Waals surface area contributed by atoms with Crippen molar-refractivity contribution in [1.29, 1.82) is 0 Å². The normalized spacial score (nSPS) is 12.2. The number of benzene rings is 1. The van der Waals surface area contributed by atoms with Crippen molar-refractivity contribution in [1.82, 2.24) is 5.32 Å². The van der Waals surface area contributed by atoms with Gasteiger partial charge in [-0.3, -0.25) is 0 Å². The summed E-state index contributed by atoms with van der Waals surface area (Å²) < 4.78 is 37.0. The highest BCUT2D eigenvalue weighted by Crippen LogP contribution is 2.21. The number of esters is 1. The van der Waals surface area contributed by atoms with E-state index < -0.39 is 23.6 Å². The van der Waals surface area contributed by atoms with Crippen LogP contribution in [-0.2, 0) is 11.3 Å². The topological polar surface area (TPSA) is 51.5 Å². The summed E-state index contributed by atoms with van der Waals surface area (Å²) in [6.07, 6.45) is 1.27. The number of rotatable bonds is 5. The van der Waals surface area contributed by atoms with Crippen molar-refractivity contribution < 1.29 is 22.7 Å². The Morgan fingerprint density at radius 1 is 1.38 bits per heavy atom. The number of ether oxygens (including phenoxy) is 1. The fraction of sp³-hybridized carbons (Fsp3) is 0.267. The van der Waals surface area contributed by atoms with E-state index in [0.29, 0.717) is 11.3 Å². The van der Waals surface area contributed by atoms with Crippen LogP contribution in [0.3, 0.4) is 0 Å². The van der Waals surface area contributed by atoms with E-state index >= 15 is 0 Å². The highest BCUT2D eigenvalue weighted by Gasteiger charge is 2.16. The molecule has 1 heterocycles. The molecule has 0 saturated heterocycles. The van der Waals surface area contributed by atoms with Crippen molar-refractivity contribution >= 4 is 5.97 Å². The van der Waals surface area contributed by atoms with E-state index in [0.717, 1.165) is 0 Å². The Labute approximate surface area is 120 Å². The zero-order chi connectivity index (χ0) is 15.4. The first kappa shape index (κ1) is 15.2. The SMILES string of the molecule is COC(=O)c1coc(CNC(C)c2c(F)cccc2F)c1. The molecule has 0 fully saturated rings. The Morgan fingerprint density at radius 2 is 2.05 bits per heavy atom. The van der Waals surface area contributed by atoms with E-state index in [2.05, 4.69) is 10.1 Å². The minimum absolute atomic E-state index is 0.0303. The minimum Gasteiger partial charge on any atom is -0.467 e. The number of hydrogen-bond acceptors (Lipinski definition) is 4. The maximum atomic E-state index is 13.6. The molecule has 1 unspecified atom stereocenters. The van der Waals surface area contributed by atoms with Gasteiger partial charge in [0.1, 0.15) is 23.7 Å². The predicted octanol–water partition coefficient (Wildman–Crippen LogP) is 3.20. The lowest BCUT2D eigenvalue weighted by molar-refractivity contribution is 0.0600. The quantitative estimate of drug-likeness (QED) is 0.861. The van der Waals surface area contributed by atoms with Crippen LogP contribution in [-0.4, -0.2) is 13.1 Å². The molecule has 4 nitrogen and oxygen atoms in total. The lowest BCUT2D eigenvalue weighted by atomic mass is 10.1. The number of furan rings is 1. The first-order valence-corrected chi connectivity index (χ1v) is 6.36. The number of carbonyl (C=O) groups is 1. The molecule has 0 amide bonds. The van der Waals surface area contributed by atoms with E-state index in [1.54, 1.807) is 6.92 Å². The fourth-order valence-electron chi connectivity index (χ4n) is 1.98. The van der Waals surface area contributed by atoms with Crippen LogP contribution in [0.15, 0.2) is 34.9 Å². The van der Waals surface area contributed by atoms with Gasteiger partial charge in [0.25, 0.3) is 0 Å². The van der Waals surface area contributed by atoms with Gasteiger partial charge in [-0.15, -0.1) is 0 Å². The first-order valence-electron chi connectivity index (χ1n) is 6.36. The van der Waals surface area contributed by atoms with Crippen LogP contribution in [0.2, 0.25) is 0 Å². The Balaban J connectivity index is 2.03. The van der Waals surface area contributed by atoms with Gasteiger partial charge in [-0.2, -0.15) is 0 Å². The minimum atomic E-state index is -0.607. The molecule has 0 bridgehead atoms. The predicted molar refractivity (Wildman–Crippen MR) is 71.7 cm³/mol. The van der Waals surface area contributed by atoms with Crippen LogP contribution in [0.5, 0.6) is 0 Å². The molecule has 112 valence electrons. The Hall–Kier alpha value is -2.21. The van der Waals surface area contributed by atoms with Crippen molar-refractivity contribution in [2.75, 3.05) is 7.11 Å². The average molecular weight is 295 g/mol. The van der Waals surface area contributed by atoms with Gasteiger partial charge in [0.05, 0.1) is 19.2 Å². The van der Waals surface area contributed by atoms with Crippen LogP contribution in [0.25, 0.3) is 0 Å². The second-order valence-corrected chi connectivity index (χ2v) is 4.53. The largest absolute Gasteiger partial charge is 0.467 e. The van der Waals surface area contributed by atoms with Gasteiger partial charge < -0.3 is 14.5 Å². The molecule has 21 heavy (non-hydrogen) atoms. The van der Waals surface area contributed by atoms with Gasteiger partial charge in [-0.05, 0) is 25.1 Å². The molecule has 0 radical (unpaired) electrons. The van der Waals surface area contributed by atoms with Gasteiger partial charge in [0.15, 0.2) is 0 Å². The molecule has 2 aromatic rings. The van der Waals surface area contributed by atoms with Crippen molar-refractivity contribution in [3.05, 3.63) is 59.1 Å². The molecule has 6 heteroatoms. The van der Waals surface area contributed by atoms with Crippen molar-refractivity contribution in [3.63, 3.8) is 0 Å². The number of hydrogen-bond donors (Lipinski definition) is 1. The third-order valence-corrected chi connectivity index (χ3v) is 3.09. The molecule has 0 aliphatic heterocycles. The standard InChI is InChI=1S/C15H15F2NO3/c1-9(14-12(16)4-3-5-13(14)17)18-7-11-6-10(8-21-11)15(19)20-2/h3-6,8-9,18H,7H2,1-2H3. The zero-order valence-electron chi connectivity index (χ0n) is 11.7. The molecule has 0 aliphatic carbocycles. The maximum absolute atomic E-state index is 13.6. The summed E-state index contributed by atoms with van der Waals surface area (Å²) in [5, 5.41) is 2.94. The van der Waals surface area contributed by atoms with Crippen molar-refractivity contribution in [2.45, 2.75) is 19.5 Å². The number of carbonyl (C=O) groups excluding carboxylic acids is 1. The summed E-state index contributed by atoms with van der Waals surface area (Å²) in [7, 11) is 1.27. The lowest BCUT2D eigenvalue weighted by Crippen LogP contribution is -2.20. The van der Waals surface area contributed by atoms with Gasteiger partial charge >= 0.3 is 5.97 Å². The number of nitrogens with one attached hydrogen (secondary N) is 1. The van der Waals surface area contributed by atoms with Gasteiger partial charge in [0.2, 0.25) is 0 Å². The lowest BCUT2D eigenvalue weighted by Gasteiger charge is -2.14. The Kier molecular flexibility index (Phi) is 4.70. The summed E-state index contributed by atoms with van der Waals surface area (Å²) in [5.74, 6) is -1.24. The summed E-state index contributed by atoms with van der Waals surface area (Å²) >= 11 is 0. The molecular weight excluding hydrogens is 280 g/mol. The summed E-state index contributed by atoms with van der Waals surface area (Å²) in [4.78, 5) is 11.3. The van der Waals surface area contributed by atoms with Crippen LogP contribution in [0, 0.1) is 11.6 Å². The number of halogens is 2. The maximum Gasteiger partial charge on any atom is 0.341 e. The van der Waals surface area contributed by atoms with Gasteiger partial charge in [-0.1, -0.05) is 6.07 Å². The van der Waals surface area contributed by atoms with E-state index in [1.807, 2.05) is 0 Å². The highest BCUT2D eigenvalue weighted by atomic mass is 19.1. The smallest absolute Gasteiger partial charge is 0.341 e. The van der Waals surface area contributed by atoms with Gasteiger partial charge in [0, 0.05) is 11.6 Å². The Morgan fingerprint density at radius 3 is 2.67 bits per heavy atom. The molecule has 0 saturated carbocycles. The van der Waals surface area contributed by atoms with E-state index in [4.69, 9.17) is 4.42 Å². The summed E-state index contributed by atoms with van der Waals surface area (Å²) in [6.45, 7) is 1.87. The van der Waals surface area contributed by atoms with Crippen molar-refractivity contribution in [2.24, 2.45) is 0 Å². The molecule has 1 aromatic heterocycles. The van der Waals surface area contributed by atoms with E-state index in [9.17, 15) is 13.6 Å². The van der Waals surface area contributed by atoms with Crippen LogP contribution >= 0.6 is 0 Å². The fourth-order valence-corrected chi connectivity index (χ4v) is 1.98. The molecule has 2 rings (SSSR count). The second kappa shape index (κ2) is 6.49. The second-order valence-electron chi connectivity index (χ2n) is 4.53. The van der Waals surface area contributed by atoms with Crippen LogP contribution < -0.4 is 5.32 Å². The molecular formula is C15H15F2NO3. The molecule has 0 aliphatic rings. The Bertz CT molecular complexity index is 619. The zero-order valence-corrected chi connectivity index (χ0v) is 11.7. The molecule has 0 spiro atoms. The summed E-state index contributed by atoms with van der Waals surface area (Å²) in [5.41, 5.74) is 0.260. The third kappa shape index (κ3) is 3.46. The van der Waals surface area contributed by atoms with E-state index in [1.165, 1.54) is 37.6 Å². The monoisotopic (exact) mass is 295 g/mol. The third-order valence-electron chi connectivity index (χ3n) is 3.09. The van der Waals surface area contributed by atoms with Crippen molar-refractivity contribution in [3.8, 4) is 0 Å². The molecule has 1 aromatic carbocycles. The molecule has 1 atom stereocenters. The highest BCUT2D eigenvalue weighted by molar-refractivity contribution is 5.88. The van der Waals surface area contributed by atoms with E-state index in [-0.39, 0.29) is 12.1 Å². The molecule has 1 N–H and O–H groups in total. The average Bonchev–Trinajstić information content (AvgIpc) is 2.93.